The number of rotatable bonds is 8. The minimum Gasteiger partial charge on any atom is -0.497 e. The van der Waals surface area contributed by atoms with Crippen molar-refractivity contribution >= 4 is 16.8 Å². The van der Waals surface area contributed by atoms with Crippen LogP contribution in [0.2, 0.25) is 0 Å². The van der Waals surface area contributed by atoms with E-state index in [0.717, 1.165) is 33.5 Å². The van der Waals surface area contributed by atoms with Crippen LogP contribution in [0.25, 0.3) is 10.9 Å². The highest BCUT2D eigenvalue weighted by atomic mass is 16.5. The van der Waals surface area contributed by atoms with Crippen LogP contribution in [0.15, 0.2) is 65.4 Å². The Balaban J connectivity index is 1.39. The first-order valence-electron chi connectivity index (χ1n) is 12.3. The molecule has 0 spiro atoms. The average Bonchev–Trinajstić information content (AvgIpc) is 3.72. The summed E-state index contributed by atoms with van der Waals surface area (Å²) < 4.78 is 22.5. The summed E-state index contributed by atoms with van der Waals surface area (Å²) in [7, 11) is 4.96. The van der Waals surface area contributed by atoms with Gasteiger partial charge in [0, 0.05) is 35.1 Å². The molecule has 192 valence electrons. The average molecular weight is 503 g/mol. The molecule has 4 unspecified atom stereocenters. The smallest absolute Gasteiger partial charge is 0.242 e. The number of H-pyrrole nitrogens is 1. The van der Waals surface area contributed by atoms with E-state index in [2.05, 4.69) is 15.8 Å². The molecule has 0 radical (unpaired) electrons. The number of likely N-dealkylation sites (tertiary alicyclic amines) is 1. The van der Waals surface area contributed by atoms with E-state index in [0.29, 0.717) is 24.5 Å². The Morgan fingerprint density at radius 1 is 0.946 bits per heavy atom. The van der Waals surface area contributed by atoms with Gasteiger partial charge in [0.15, 0.2) is 0 Å². The van der Waals surface area contributed by atoms with Gasteiger partial charge in [-0.25, -0.2) is 10.9 Å². The van der Waals surface area contributed by atoms with Crippen molar-refractivity contribution in [1.82, 2.24) is 20.7 Å². The predicted octanol–water partition coefficient (Wildman–Crippen LogP) is 3.75. The maximum Gasteiger partial charge on any atom is 0.242 e. The number of aromatic nitrogens is 1. The second-order valence-electron chi connectivity index (χ2n) is 9.40. The number of carbonyl (C=O) groups excluding carboxylic acids is 1. The van der Waals surface area contributed by atoms with Gasteiger partial charge in [0.05, 0.1) is 39.7 Å². The highest BCUT2D eigenvalue weighted by molar-refractivity contribution is 5.87. The zero-order valence-corrected chi connectivity index (χ0v) is 21.0. The predicted molar refractivity (Wildman–Crippen MR) is 138 cm³/mol. The molecule has 2 saturated heterocycles. The van der Waals surface area contributed by atoms with Gasteiger partial charge in [-0.2, -0.15) is 0 Å². The molecule has 0 saturated carbocycles. The van der Waals surface area contributed by atoms with Crippen molar-refractivity contribution in [3.8, 4) is 17.2 Å². The molecule has 2 aliphatic rings. The molecule has 1 amide bonds. The molecule has 4 aromatic rings. The maximum atomic E-state index is 13.9. The third-order valence-corrected chi connectivity index (χ3v) is 7.62. The summed E-state index contributed by atoms with van der Waals surface area (Å²) in [6, 6.07) is 14.7. The summed E-state index contributed by atoms with van der Waals surface area (Å²) in [6.07, 6.45) is 4.35. The van der Waals surface area contributed by atoms with E-state index in [1.807, 2.05) is 59.6 Å². The maximum absolute atomic E-state index is 13.9. The first-order chi connectivity index (χ1) is 18.1. The molecule has 9 nitrogen and oxygen atoms in total. The minimum atomic E-state index is -0.404. The minimum absolute atomic E-state index is 0.0406. The summed E-state index contributed by atoms with van der Waals surface area (Å²) in [5.41, 5.74) is 9.62. The summed E-state index contributed by atoms with van der Waals surface area (Å²) in [4.78, 5) is 19.2. The summed E-state index contributed by atoms with van der Waals surface area (Å²) in [5.74, 6) is 2.93. The summed E-state index contributed by atoms with van der Waals surface area (Å²) in [5, 5.41) is 1.09. The lowest BCUT2D eigenvalue weighted by Gasteiger charge is -2.31. The lowest BCUT2D eigenvalue weighted by molar-refractivity contribution is -0.130. The third-order valence-electron chi connectivity index (χ3n) is 7.62. The SMILES string of the molecule is COc1ccc(OC)c(C2C3C(NNC3c3ccco3)C(=O)N2CCc2c[nH]c3ccc(OC)cc23)c1. The molecule has 2 fully saturated rings. The van der Waals surface area contributed by atoms with E-state index in [1.54, 1.807) is 27.6 Å². The first kappa shape index (κ1) is 23.4. The van der Waals surface area contributed by atoms with Crippen LogP contribution in [0.3, 0.4) is 0 Å². The van der Waals surface area contributed by atoms with Crippen molar-refractivity contribution in [2.75, 3.05) is 27.9 Å². The molecule has 0 bridgehead atoms. The molecule has 0 aliphatic carbocycles. The van der Waals surface area contributed by atoms with Gasteiger partial charge in [0.25, 0.3) is 0 Å². The normalized spacial score (nSPS) is 23.0. The topological polar surface area (TPSA) is 101 Å². The molecule has 2 aromatic carbocycles. The number of hydrazine groups is 1. The lowest BCUT2D eigenvalue weighted by Crippen LogP contribution is -2.42. The van der Waals surface area contributed by atoms with Crippen LogP contribution in [0, 0.1) is 5.92 Å². The van der Waals surface area contributed by atoms with E-state index < -0.39 is 6.04 Å². The Morgan fingerprint density at radius 2 is 1.73 bits per heavy atom. The molecule has 6 rings (SSSR count). The van der Waals surface area contributed by atoms with Crippen molar-refractivity contribution in [2.24, 2.45) is 5.92 Å². The monoisotopic (exact) mass is 502 g/mol. The Labute approximate surface area is 214 Å². The number of furan rings is 1. The number of carbonyl (C=O) groups is 1. The molecule has 37 heavy (non-hydrogen) atoms. The number of amides is 1. The fourth-order valence-electron chi connectivity index (χ4n) is 5.84. The quantitative estimate of drug-likeness (QED) is 0.337. The van der Waals surface area contributed by atoms with Crippen LogP contribution < -0.4 is 25.1 Å². The number of aromatic amines is 1. The Hall–Kier alpha value is -3.95. The van der Waals surface area contributed by atoms with Crippen LogP contribution in [0.4, 0.5) is 0 Å². The highest BCUT2D eigenvalue weighted by Gasteiger charge is 2.56. The van der Waals surface area contributed by atoms with Crippen molar-refractivity contribution < 1.29 is 23.4 Å². The number of nitrogens with zero attached hydrogens (tertiary/aromatic N) is 1. The van der Waals surface area contributed by atoms with Crippen molar-refractivity contribution in [3.05, 3.63) is 77.9 Å². The van der Waals surface area contributed by atoms with Gasteiger partial charge in [-0.3, -0.25) is 4.79 Å². The first-order valence-corrected chi connectivity index (χ1v) is 12.3. The van der Waals surface area contributed by atoms with Gasteiger partial charge in [0.2, 0.25) is 5.91 Å². The molecule has 9 heteroatoms. The zero-order valence-electron chi connectivity index (χ0n) is 21.0. The van der Waals surface area contributed by atoms with E-state index in [9.17, 15) is 4.79 Å². The van der Waals surface area contributed by atoms with Crippen LogP contribution in [-0.2, 0) is 11.2 Å². The number of hydrogen-bond acceptors (Lipinski definition) is 7. The summed E-state index contributed by atoms with van der Waals surface area (Å²) in [6.45, 7) is 0.535. The Bertz CT molecular complexity index is 1420. The Kier molecular flexibility index (Phi) is 6.02. The molecule has 2 aliphatic heterocycles. The Morgan fingerprint density at radius 3 is 2.49 bits per heavy atom. The van der Waals surface area contributed by atoms with Crippen LogP contribution >= 0.6 is 0 Å². The van der Waals surface area contributed by atoms with Crippen molar-refractivity contribution in [1.29, 1.82) is 0 Å². The largest absolute Gasteiger partial charge is 0.497 e. The number of ether oxygens (including phenoxy) is 3. The second-order valence-corrected chi connectivity index (χ2v) is 9.40. The fraction of sp³-hybridized carbons (Fsp3) is 0.321. The van der Waals surface area contributed by atoms with Crippen LogP contribution in [0.5, 0.6) is 17.2 Å². The fourth-order valence-corrected chi connectivity index (χ4v) is 5.84. The van der Waals surface area contributed by atoms with E-state index >= 15 is 0 Å². The second kappa shape index (κ2) is 9.49. The molecule has 3 N–H and O–H groups in total. The van der Waals surface area contributed by atoms with E-state index in [4.69, 9.17) is 18.6 Å². The number of nitrogens with one attached hydrogen (secondary N) is 3. The molecular formula is C28H30N4O5. The van der Waals surface area contributed by atoms with Crippen LogP contribution in [0.1, 0.15) is 29.0 Å². The van der Waals surface area contributed by atoms with Gasteiger partial charge < -0.3 is 28.5 Å². The molecule has 4 heterocycles. The number of methoxy groups -OCH3 is 3. The van der Waals surface area contributed by atoms with Gasteiger partial charge in [-0.1, -0.05) is 0 Å². The lowest BCUT2D eigenvalue weighted by atomic mass is 9.85. The molecule has 4 atom stereocenters. The van der Waals surface area contributed by atoms with Crippen molar-refractivity contribution in [3.63, 3.8) is 0 Å². The highest BCUT2D eigenvalue weighted by Crippen LogP contribution is 2.50. The van der Waals surface area contributed by atoms with Gasteiger partial charge in [-0.05, 0) is 60.5 Å². The van der Waals surface area contributed by atoms with Crippen LogP contribution in [-0.4, -0.2) is 49.7 Å². The summed E-state index contributed by atoms with van der Waals surface area (Å²) >= 11 is 0. The molecular weight excluding hydrogens is 472 g/mol. The van der Waals surface area contributed by atoms with Gasteiger partial charge in [0.1, 0.15) is 29.1 Å². The standard InChI is InChI=1S/C28H30N4O5/c1-34-17-6-8-21-19(13-17)16(15-29-21)10-11-32-27(20-14-18(35-2)7-9-22(20)36-3)24-25(23-5-4-12-37-23)30-31-26(24)28(32)33/h4-9,12-15,24-27,29-31H,10-11H2,1-3H3. The number of hydrogen-bond donors (Lipinski definition) is 3. The zero-order chi connectivity index (χ0) is 25.5. The van der Waals surface area contributed by atoms with Gasteiger partial charge >= 0.3 is 0 Å². The molecule has 2 aromatic heterocycles. The number of fused-ring (bicyclic) bond motifs is 2. The number of benzene rings is 2. The van der Waals surface area contributed by atoms with Crippen molar-refractivity contribution in [2.45, 2.75) is 24.5 Å². The van der Waals surface area contributed by atoms with Gasteiger partial charge in [-0.15, -0.1) is 0 Å². The third kappa shape index (κ3) is 3.91. The van der Waals surface area contributed by atoms with E-state index in [-0.39, 0.29) is 23.9 Å². The van der Waals surface area contributed by atoms with E-state index in [1.165, 1.54) is 0 Å².